The number of halogens is 1. The lowest BCUT2D eigenvalue weighted by Gasteiger charge is -2.17. The van der Waals surface area contributed by atoms with Crippen LogP contribution in [-0.4, -0.2) is 30.3 Å². The summed E-state index contributed by atoms with van der Waals surface area (Å²) in [7, 11) is 0. The lowest BCUT2D eigenvalue weighted by molar-refractivity contribution is -0.122. The Balaban J connectivity index is 1.53. The van der Waals surface area contributed by atoms with Gasteiger partial charge in [-0.25, -0.2) is 9.37 Å². The van der Waals surface area contributed by atoms with Gasteiger partial charge >= 0.3 is 0 Å². The van der Waals surface area contributed by atoms with E-state index in [1.165, 1.54) is 12.1 Å². The molecule has 0 saturated carbocycles. The van der Waals surface area contributed by atoms with Crippen LogP contribution in [-0.2, 0) is 11.3 Å². The summed E-state index contributed by atoms with van der Waals surface area (Å²) in [6, 6.07) is 11.9. The number of ether oxygens (including phenoxy) is 2. The molecule has 1 amide bonds. The van der Waals surface area contributed by atoms with Crippen molar-refractivity contribution in [3.8, 4) is 22.8 Å². The number of pyridine rings is 1. The predicted molar refractivity (Wildman–Crippen MR) is 111 cm³/mol. The fourth-order valence-corrected chi connectivity index (χ4v) is 3.97. The number of carbonyl (C=O) groups excluding carboxylic acids is 1. The Labute approximate surface area is 173 Å². The summed E-state index contributed by atoms with van der Waals surface area (Å²) in [6.07, 6.45) is 2.80. The number of amides is 1. The summed E-state index contributed by atoms with van der Waals surface area (Å²) in [6.45, 7) is 1.40. The van der Waals surface area contributed by atoms with E-state index in [4.69, 9.17) is 14.5 Å². The molecule has 1 atom stereocenters. The number of hydrogen-bond donors (Lipinski definition) is 2. The summed E-state index contributed by atoms with van der Waals surface area (Å²) >= 11 is 0. The Bertz CT molecular complexity index is 1100. The molecule has 3 heterocycles. The second-order valence-electron chi connectivity index (χ2n) is 7.62. The number of hydrogen-bond acceptors (Lipinski definition) is 5. The van der Waals surface area contributed by atoms with E-state index < -0.39 is 0 Å². The molecule has 2 N–H and O–H groups in total. The number of carbonyl (C=O) groups is 1. The molecule has 1 fully saturated rings. The van der Waals surface area contributed by atoms with Crippen LogP contribution < -0.4 is 20.1 Å². The minimum atomic E-state index is -0.294. The zero-order chi connectivity index (χ0) is 20.5. The minimum absolute atomic E-state index is 0.0351. The van der Waals surface area contributed by atoms with Crippen molar-refractivity contribution in [2.45, 2.75) is 31.8 Å². The van der Waals surface area contributed by atoms with Crippen LogP contribution in [0.1, 0.15) is 24.8 Å². The zero-order valence-electron chi connectivity index (χ0n) is 16.4. The van der Waals surface area contributed by atoms with E-state index in [-0.39, 0.29) is 24.6 Å². The maximum Gasteiger partial charge on any atom is 0.237 e. The van der Waals surface area contributed by atoms with Crippen molar-refractivity contribution < 1.29 is 18.7 Å². The summed E-state index contributed by atoms with van der Waals surface area (Å²) in [4.78, 5) is 17.2. The fourth-order valence-electron chi connectivity index (χ4n) is 3.97. The second-order valence-corrected chi connectivity index (χ2v) is 7.62. The van der Waals surface area contributed by atoms with Gasteiger partial charge in [0.1, 0.15) is 5.82 Å². The zero-order valence-corrected chi connectivity index (χ0v) is 16.4. The third kappa shape index (κ3) is 3.68. The molecular weight excluding hydrogens is 385 g/mol. The monoisotopic (exact) mass is 407 g/mol. The number of rotatable bonds is 4. The molecule has 3 aromatic rings. The van der Waals surface area contributed by atoms with E-state index in [2.05, 4.69) is 10.6 Å². The molecule has 0 radical (unpaired) electrons. The topological polar surface area (TPSA) is 72.5 Å². The molecule has 0 bridgehead atoms. The molecule has 1 aromatic heterocycles. The highest BCUT2D eigenvalue weighted by Crippen LogP contribution is 2.37. The molecule has 6 nitrogen and oxygen atoms in total. The Hall–Kier alpha value is -3.19. The van der Waals surface area contributed by atoms with E-state index >= 15 is 0 Å². The van der Waals surface area contributed by atoms with Gasteiger partial charge in [0.25, 0.3) is 0 Å². The third-order valence-electron chi connectivity index (χ3n) is 5.58. The van der Waals surface area contributed by atoms with Crippen LogP contribution in [0.4, 0.5) is 4.39 Å². The van der Waals surface area contributed by atoms with Gasteiger partial charge in [-0.3, -0.25) is 4.79 Å². The van der Waals surface area contributed by atoms with Gasteiger partial charge in [0.05, 0.1) is 17.3 Å². The number of nitrogens with one attached hydrogen (secondary N) is 2. The van der Waals surface area contributed by atoms with Gasteiger partial charge in [-0.1, -0.05) is 0 Å². The SMILES string of the molecule is O=C1NCCCC[C@@H]1NCc1cc2cc3c(cc2nc1-c1ccc(F)cc1)OCO3. The molecule has 0 aliphatic carbocycles. The molecule has 1 saturated heterocycles. The van der Waals surface area contributed by atoms with Gasteiger partial charge in [0.2, 0.25) is 12.7 Å². The first-order valence-corrected chi connectivity index (χ1v) is 10.2. The molecule has 0 unspecified atom stereocenters. The summed E-state index contributed by atoms with van der Waals surface area (Å²) in [5, 5.41) is 7.26. The van der Waals surface area contributed by atoms with Crippen LogP contribution in [0.25, 0.3) is 22.2 Å². The quantitative estimate of drug-likeness (QED) is 0.692. The van der Waals surface area contributed by atoms with Crippen LogP contribution in [0.2, 0.25) is 0 Å². The molecule has 5 rings (SSSR count). The highest BCUT2D eigenvalue weighted by atomic mass is 19.1. The summed E-state index contributed by atoms with van der Waals surface area (Å²) < 4.78 is 24.4. The highest BCUT2D eigenvalue weighted by molar-refractivity contribution is 5.87. The third-order valence-corrected chi connectivity index (χ3v) is 5.58. The second kappa shape index (κ2) is 7.91. The van der Waals surface area contributed by atoms with Gasteiger partial charge in [-0.2, -0.15) is 0 Å². The van der Waals surface area contributed by atoms with Crippen LogP contribution in [0, 0.1) is 5.82 Å². The molecule has 2 aliphatic rings. The van der Waals surface area contributed by atoms with Crippen molar-refractivity contribution in [2.75, 3.05) is 13.3 Å². The highest BCUT2D eigenvalue weighted by Gasteiger charge is 2.21. The van der Waals surface area contributed by atoms with Crippen molar-refractivity contribution in [1.29, 1.82) is 0 Å². The first-order valence-electron chi connectivity index (χ1n) is 10.2. The van der Waals surface area contributed by atoms with E-state index in [9.17, 15) is 9.18 Å². The first-order chi connectivity index (χ1) is 14.7. The van der Waals surface area contributed by atoms with Crippen LogP contribution in [0.15, 0.2) is 42.5 Å². The molecule has 2 aliphatic heterocycles. The van der Waals surface area contributed by atoms with Gasteiger partial charge < -0.3 is 20.1 Å². The number of benzene rings is 2. The maximum absolute atomic E-state index is 13.5. The number of aromatic nitrogens is 1. The smallest absolute Gasteiger partial charge is 0.237 e. The number of fused-ring (bicyclic) bond motifs is 2. The van der Waals surface area contributed by atoms with Gasteiger partial charge in [-0.15, -0.1) is 0 Å². The summed E-state index contributed by atoms with van der Waals surface area (Å²) in [5.74, 6) is 1.10. The minimum Gasteiger partial charge on any atom is -0.454 e. The first kappa shape index (κ1) is 18.8. The van der Waals surface area contributed by atoms with Crippen molar-refractivity contribution in [2.24, 2.45) is 0 Å². The molecular formula is C23H22FN3O3. The number of nitrogens with zero attached hydrogens (tertiary/aromatic N) is 1. The largest absolute Gasteiger partial charge is 0.454 e. The van der Waals surface area contributed by atoms with Crippen molar-refractivity contribution in [3.05, 3.63) is 53.8 Å². The van der Waals surface area contributed by atoms with Crippen molar-refractivity contribution in [3.63, 3.8) is 0 Å². The molecule has 7 heteroatoms. The molecule has 0 spiro atoms. The van der Waals surface area contributed by atoms with Crippen molar-refractivity contribution in [1.82, 2.24) is 15.6 Å². The van der Waals surface area contributed by atoms with Crippen molar-refractivity contribution >= 4 is 16.8 Å². The lowest BCUT2D eigenvalue weighted by atomic mass is 10.0. The van der Waals surface area contributed by atoms with Crippen LogP contribution >= 0.6 is 0 Å². The van der Waals surface area contributed by atoms with Gasteiger partial charge in [-0.05, 0) is 61.2 Å². The average Bonchev–Trinajstić information content (AvgIpc) is 3.10. The standard InChI is InChI=1S/C23H22FN3O3/c24-17-6-4-14(5-7-17)22-16(12-26-18-3-1-2-8-25-23(18)28)9-15-10-20-21(30-13-29-20)11-19(15)27-22/h4-7,9-11,18,26H,1-3,8,12-13H2,(H,25,28)/t18-/m0/s1. The maximum atomic E-state index is 13.5. The average molecular weight is 407 g/mol. The Morgan fingerprint density at radius 2 is 1.90 bits per heavy atom. The van der Waals surface area contributed by atoms with E-state index in [0.29, 0.717) is 18.0 Å². The lowest BCUT2D eigenvalue weighted by Crippen LogP contribution is -2.42. The van der Waals surface area contributed by atoms with Crippen LogP contribution in [0.5, 0.6) is 11.5 Å². The summed E-state index contributed by atoms with van der Waals surface area (Å²) in [5.41, 5.74) is 3.28. The van der Waals surface area contributed by atoms with Crippen LogP contribution in [0.3, 0.4) is 0 Å². The fraction of sp³-hybridized carbons (Fsp3) is 0.304. The Morgan fingerprint density at radius 3 is 2.73 bits per heavy atom. The van der Waals surface area contributed by atoms with E-state index in [1.54, 1.807) is 12.1 Å². The normalized spacial score (nSPS) is 18.3. The predicted octanol–water partition coefficient (Wildman–Crippen LogP) is 3.53. The molecule has 2 aromatic carbocycles. The molecule has 30 heavy (non-hydrogen) atoms. The molecule has 154 valence electrons. The Kier molecular flexibility index (Phi) is 4.96. The Morgan fingerprint density at radius 1 is 1.10 bits per heavy atom. The van der Waals surface area contributed by atoms with Gasteiger partial charge in [0, 0.05) is 30.1 Å². The van der Waals surface area contributed by atoms with E-state index in [0.717, 1.165) is 53.5 Å². The van der Waals surface area contributed by atoms with E-state index in [1.807, 2.05) is 18.2 Å². The van der Waals surface area contributed by atoms with Gasteiger partial charge in [0.15, 0.2) is 11.5 Å².